The molecule has 7 heteroatoms. The van der Waals surface area contributed by atoms with Crippen molar-refractivity contribution in [1.82, 2.24) is 0 Å². The molecule has 2 N–H and O–H groups in total. The topological polar surface area (TPSA) is 97.7 Å². The molecule has 0 rings (SSSR count). The molecule has 0 unspecified atom stereocenters. The SMILES string of the molecule is O=S(=O)([O-])C(CO)CO.[Li+]. The molecular formula is C3H7LiO5S. The summed E-state index contributed by atoms with van der Waals surface area (Å²) in [5.74, 6) is 0. The van der Waals surface area contributed by atoms with Crippen molar-refractivity contribution in [2.45, 2.75) is 5.25 Å². The van der Waals surface area contributed by atoms with Crippen LogP contribution < -0.4 is 18.9 Å². The van der Waals surface area contributed by atoms with Crippen LogP contribution in [-0.4, -0.2) is 41.6 Å². The molecular weight excluding hydrogens is 155 g/mol. The van der Waals surface area contributed by atoms with Crippen LogP contribution in [0.2, 0.25) is 0 Å². The molecule has 0 atom stereocenters. The maximum atomic E-state index is 9.92. The second kappa shape index (κ2) is 5.13. The van der Waals surface area contributed by atoms with E-state index in [1.54, 1.807) is 0 Å². The molecule has 0 aliphatic heterocycles. The van der Waals surface area contributed by atoms with Gasteiger partial charge in [0.1, 0.15) is 10.1 Å². The average molecular weight is 162 g/mol. The molecule has 0 saturated carbocycles. The van der Waals surface area contributed by atoms with Crippen LogP contribution in [0.4, 0.5) is 0 Å². The van der Waals surface area contributed by atoms with Crippen LogP contribution in [0.3, 0.4) is 0 Å². The molecule has 0 aromatic carbocycles. The fourth-order valence-electron chi connectivity index (χ4n) is 0.240. The third kappa shape index (κ3) is 4.28. The molecule has 56 valence electrons. The van der Waals surface area contributed by atoms with Gasteiger partial charge in [-0.05, 0) is 0 Å². The number of aliphatic hydroxyl groups is 2. The van der Waals surface area contributed by atoms with E-state index in [2.05, 4.69) is 0 Å². The third-order valence-electron chi connectivity index (χ3n) is 0.816. The number of aliphatic hydroxyl groups excluding tert-OH is 2. The van der Waals surface area contributed by atoms with E-state index in [4.69, 9.17) is 10.2 Å². The van der Waals surface area contributed by atoms with Crippen LogP contribution in [0.15, 0.2) is 0 Å². The molecule has 5 nitrogen and oxygen atoms in total. The third-order valence-corrected chi connectivity index (χ3v) is 1.93. The molecule has 0 aromatic heterocycles. The largest absolute Gasteiger partial charge is 1.00 e. The molecule has 0 saturated heterocycles. The van der Waals surface area contributed by atoms with E-state index >= 15 is 0 Å². The van der Waals surface area contributed by atoms with Gasteiger partial charge in [0.2, 0.25) is 0 Å². The Morgan fingerprint density at radius 3 is 1.60 bits per heavy atom. The fourth-order valence-corrected chi connectivity index (χ4v) is 0.605. The van der Waals surface area contributed by atoms with Crippen LogP contribution in [-0.2, 0) is 10.1 Å². The molecule has 0 bridgehead atoms. The Morgan fingerprint density at radius 2 is 1.60 bits per heavy atom. The molecule has 0 amide bonds. The van der Waals surface area contributed by atoms with Crippen molar-refractivity contribution in [3.63, 3.8) is 0 Å². The zero-order valence-electron chi connectivity index (χ0n) is 5.52. The van der Waals surface area contributed by atoms with E-state index in [1.165, 1.54) is 0 Å². The standard InChI is InChI=1S/C3H8O5S.Li/c4-1-3(2-5)9(6,7)8;/h3-5H,1-2H2,(H,6,7,8);/q;+1/p-1. The Morgan fingerprint density at radius 1 is 1.30 bits per heavy atom. The van der Waals surface area contributed by atoms with Crippen molar-refractivity contribution in [3.05, 3.63) is 0 Å². The van der Waals surface area contributed by atoms with Crippen LogP contribution in [0, 0.1) is 0 Å². The zero-order chi connectivity index (χ0) is 7.49. The summed E-state index contributed by atoms with van der Waals surface area (Å²) in [4.78, 5) is 0. The monoisotopic (exact) mass is 162 g/mol. The summed E-state index contributed by atoms with van der Waals surface area (Å²) in [7, 11) is -4.52. The van der Waals surface area contributed by atoms with Crippen LogP contribution in [0.25, 0.3) is 0 Å². The Bertz CT molecular complexity index is 160. The quantitative estimate of drug-likeness (QED) is 0.319. The first-order valence-corrected chi connectivity index (χ1v) is 3.66. The van der Waals surface area contributed by atoms with Gasteiger partial charge in [-0.2, -0.15) is 0 Å². The summed E-state index contributed by atoms with van der Waals surface area (Å²) >= 11 is 0. The first-order chi connectivity index (χ1) is 4.02. The van der Waals surface area contributed by atoms with Gasteiger partial charge in [-0.15, -0.1) is 0 Å². The minimum Gasteiger partial charge on any atom is -0.748 e. The number of hydrogen-bond donors (Lipinski definition) is 2. The second-order valence-electron chi connectivity index (χ2n) is 1.48. The van der Waals surface area contributed by atoms with Gasteiger partial charge in [0.15, 0.2) is 0 Å². The molecule has 0 radical (unpaired) electrons. The van der Waals surface area contributed by atoms with Crippen molar-refractivity contribution < 1.29 is 42.0 Å². The zero-order valence-corrected chi connectivity index (χ0v) is 6.34. The van der Waals surface area contributed by atoms with Crippen molar-refractivity contribution in [3.8, 4) is 0 Å². The van der Waals surface area contributed by atoms with Crippen molar-refractivity contribution in [2.75, 3.05) is 13.2 Å². The first kappa shape index (κ1) is 13.0. The average Bonchev–Trinajstić information content (AvgIpc) is 1.65. The number of rotatable bonds is 3. The van der Waals surface area contributed by atoms with Crippen molar-refractivity contribution in [2.24, 2.45) is 0 Å². The summed E-state index contributed by atoms with van der Waals surface area (Å²) in [5.41, 5.74) is 0. The van der Waals surface area contributed by atoms with Crippen molar-refractivity contribution >= 4 is 10.1 Å². The summed E-state index contributed by atoms with van der Waals surface area (Å²) in [6.45, 7) is -1.66. The molecule has 0 aromatic rings. The van der Waals surface area contributed by atoms with E-state index in [-0.39, 0.29) is 18.9 Å². The Kier molecular flexibility index (Phi) is 6.69. The Labute approximate surface area is 71.0 Å². The Balaban J connectivity index is 0. The molecule has 0 aliphatic rings. The van der Waals surface area contributed by atoms with Gasteiger partial charge in [0.25, 0.3) is 0 Å². The predicted octanol–water partition coefficient (Wildman–Crippen LogP) is -5.11. The van der Waals surface area contributed by atoms with Gasteiger partial charge >= 0.3 is 18.9 Å². The molecule has 10 heavy (non-hydrogen) atoms. The summed E-state index contributed by atoms with van der Waals surface area (Å²) < 4.78 is 29.8. The minimum absolute atomic E-state index is 0. The van der Waals surface area contributed by atoms with Gasteiger partial charge in [-0.3, -0.25) is 0 Å². The van der Waals surface area contributed by atoms with Crippen LogP contribution in [0.5, 0.6) is 0 Å². The maximum absolute atomic E-state index is 9.92. The van der Waals surface area contributed by atoms with Gasteiger partial charge in [0.05, 0.1) is 18.5 Å². The minimum atomic E-state index is -4.52. The van der Waals surface area contributed by atoms with Crippen molar-refractivity contribution in [1.29, 1.82) is 0 Å². The maximum Gasteiger partial charge on any atom is 1.00 e. The second-order valence-corrected chi connectivity index (χ2v) is 3.13. The smallest absolute Gasteiger partial charge is 0.748 e. The summed E-state index contributed by atoms with van der Waals surface area (Å²) in [5, 5.41) is 14.7. The van der Waals surface area contributed by atoms with E-state index in [0.29, 0.717) is 0 Å². The van der Waals surface area contributed by atoms with E-state index in [0.717, 1.165) is 0 Å². The van der Waals surface area contributed by atoms with Gasteiger partial charge in [-0.25, -0.2) is 8.42 Å². The molecule has 0 aliphatic carbocycles. The van der Waals surface area contributed by atoms with E-state index in [1.807, 2.05) is 0 Å². The normalized spacial score (nSPS) is 11.2. The summed E-state index contributed by atoms with van der Waals surface area (Å²) in [6, 6.07) is 0. The number of hydrogen-bond acceptors (Lipinski definition) is 5. The predicted molar refractivity (Wildman–Crippen MR) is 27.7 cm³/mol. The van der Waals surface area contributed by atoms with Crippen LogP contribution in [0.1, 0.15) is 0 Å². The molecule has 0 fully saturated rings. The summed E-state index contributed by atoms with van der Waals surface area (Å²) in [6.07, 6.45) is 0. The fraction of sp³-hybridized carbons (Fsp3) is 1.00. The van der Waals surface area contributed by atoms with E-state index < -0.39 is 28.6 Å². The van der Waals surface area contributed by atoms with Gasteiger partial charge < -0.3 is 14.8 Å². The van der Waals surface area contributed by atoms with Crippen LogP contribution >= 0.6 is 0 Å². The van der Waals surface area contributed by atoms with Gasteiger partial charge in [-0.1, -0.05) is 0 Å². The van der Waals surface area contributed by atoms with E-state index in [9.17, 15) is 13.0 Å². The molecule has 0 spiro atoms. The molecule has 0 heterocycles. The van der Waals surface area contributed by atoms with Gasteiger partial charge in [0, 0.05) is 0 Å². The first-order valence-electron chi connectivity index (χ1n) is 2.18. The Hall–Kier alpha value is 0.427.